The van der Waals surface area contributed by atoms with Gasteiger partial charge in [0.25, 0.3) is 5.91 Å². The molecule has 0 aliphatic carbocycles. The van der Waals surface area contributed by atoms with Crippen LogP contribution in [0.2, 0.25) is 0 Å². The van der Waals surface area contributed by atoms with E-state index in [1.807, 2.05) is 6.20 Å². The molecule has 1 aliphatic rings. The number of carbonyl (C=O) groups excluding carboxylic acids is 1. The molecule has 10 nitrogen and oxygen atoms in total. The van der Waals surface area contributed by atoms with Crippen LogP contribution in [-0.4, -0.2) is 64.9 Å². The van der Waals surface area contributed by atoms with Crippen LogP contribution in [0, 0.1) is 0 Å². The maximum Gasteiger partial charge on any atom is 0.279 e. The Morgan fingerprint density at radius 3 is 2.97 bits per heavy atom. The third-order valence-corrected chi connectivity index (χ3v) is 5.80. The van der Waals surface area contributed by atoms with E-state index in [2.05, 4.69) is 25.6 Å². The standard InChI is InChI=1S/C18H22N6O4S/c1-26-8-5-24-10-13(22-23-24)16(25)21-18-20-14-15(29-18)12(9-19-17(14)27-2)11-3-6-28-7-4-11/h9-11H,3-8H2,1-2H3,(H,20,21,25). The van der Waals surface area contributed by atoms with Crippen LogP contribution in [0.4, 0.5) is 5.13 Å². The van der Waals surface area contributed by atoms with Crippen molar-refractivity contribution in [2.24, 2.45) is 0 Å². The number of hydrogen-bond acceptors (Lipinski definition) is 9. The van der Waals surface area contributed by atoms with Crippen LogP contribution in [0.5, 0.6) is 5.88 Å². The van der Waals surface area contributed by atoms with Gasteiger partial charge in [0, 0.05) is 26.5 Å². The number of anilines is 1. The number of rotatable bonds is 7. The van der Waals surface area contributed by atoms with Crippen LogP contribution < -0.4 is 10.1 Å². The number of amides is 1. The average Bonchev–Trinajstić information content (AvgIpc) is 3.39. The molecule has 0 radical (unpaired) electrons. The van der Waals surface area contributed by atoms with E-state index in [1.54, 1.807) is 25.1 Å². The van der Waals surface area contributed by atoms with Crippen molar-refractivity contribution in [3.63, 3.8) is 0 Å². The molecule has 0 atom stereocenters. The maximum absolute atomic E-state index is 12.6. The lowest BCUT2D eigenvalue weighted by Crippen LogP contribution is -2.14. The summed E-state index contributed by atoms with van der Waals surface area (Å²) in [4.78, 5) is 21.5. The zero-order chi connectivity index (χ0) is 20.2. The molecule has 1 fully saturated rings. The fraction of sp³-hybridized carbons (Fsp3) is 0.500. The minimum Gasteiger partial charge on any atom is -0.479 e. The highest BCUT2D eigenvalue weighted by atomic mass is 32.1. The first-order valence-electron chi connectivity index (χ1n) is 9.31. The molecule has 1 saturated heterocycles. The first-order valence-corrected chi connectivity index (χ1v) is 10.1. The molecule has 3 aromatic heterocycles. The normalized spacial score (nSPS) is 15.0. The van der Waals surface area contributed by atoms with E-state index in [9.17, 15) is 4.79 Å². The van der Waals surface area contributed by atoms with Crippen molar-refractivity contribution >= 4 is 32.6 Å². The van der Waals surface area contributed by atoms with E-state index in [0.29, 0.717) is 35.6 Å². The van der Waals surface area contributed by atoms with Crippen LogP contribution in [0.15, 0.2) is 12.4 Å². The van der Waals surface area contributed by atoms with Crippen molar-refractivity contribution in [1.82, 2.24) is 25.0 Å². The Labute approximate surface area is 171 Å². The van der Waals surface area contributed by atoms with Gasteiger partial charge >= 0.3 is 0 Å². The van der Waals surface area contributed by atoms with E-state index in [4.69, 9.17) is 14.2 Å². The highest BCUT2D eigenvalue weighted by molar-refractivity contribution is 7.22. The number of fused-ring (bicyclic) bond motifs is 1. The molecule has 0 saturated carbocycles. The minimum atomic E-state index is -0.368. The molecular weight excluding hydrogens is 396 g/mol. The molecule has 4 rings (SSSR count). The van der Waals surface area contributed by atoms with Gasteiger partial charge in [-0.05, 0) is 24.3 Å². The molecule has 29 heavy (non-hydrogen) atoms. The van der Waals surface area contributed by atoms with Crippen LogP contribution in [0.3, 0.4) is 0 Å². The van der Waals surface area contributed by atoms with Gasteiger partial charge in [-0.1, -0.05) is 16.6 Å². The summed E-state index contributed by atoms with van der Waals surface area (Å²) in [5.74, 6) is 0.430. The van der Waals surface area contributed by atoms with Crippen molar-refractivity contribution in [3.8, 4) is 5.88 Å². The van der Waals surface area contributed by atoms with E-state index in [0.717, 1.165) is 36.3 Å². The zero-order valence-corrected chi connectivity index (χ0v) is 17.1. The monoisotopic (exact) mass is 418 g/mol. The Morgan fingerprint density at radius 1 is 1.38 bits per heavy atom. The Bertz CT molecular complexity index is 998. The number of ether oxygens (including phenoxy) is 3. The number of nitrogens with zero attached hydrogens (tertiary/aromatic N) is 5. The Hall–Kier alpha value is -2.63. The van der Waals surface area contributed by atoms with Crippen LogP contribution in [0.25, 0.3) is 10.2 Å². The molecule has 4 heterocycles. The fourth-order valence-electron chi connectivity index (χ4n) is 3.27. The second-order valence-corrected chi connectivity index (χ2v) is 7.62. The number of thiazole rings is 1. The summed E-state index contributed by atoms with van der Waals surface area (Å²) in [6.07, 6.45) is 5.31. The molecule has 0 unspecified atom stereocenters. The van der Waals surface area contributed by atoms with E-state index >= 15 is 0 Å². The molecule has 154 valence electrons. The summed E-state index contributed by atoms with van der Waals surface area (Å²) in [5, 5.41) is 11.1. The molecule has 11 heteroatoms. The lowest BCUT2D eigenvalue weighted by atomic mass is 9.93. The van der Waals surface area contributed by atoms with E-state index in [-0.39, 0.29) is 11.6 Å². The zero-order valence-electron chi connectivity index (χ0n) is 16.3. The molecule has 0 bridgehead atoms. The number of methoxy groups -OCH3 is 2. The number of hydrogen-bond donors (Lipinski definition) is 1. The van der Waals surface area contributed by atoms with Crippen molar-refractivity contribution in [2.75, 3.05) is 39.4 Å². The van der Waals surface area contributed by atoms with E-state index < -0.39 is 0 Å². The lowest BCUT2D eigenvalue weighted by Gasteiger charge is -2.22. The Kier molecular flexibility index (Phi) is 5.97. The van der Waals surface area contributed by atoms with Crippen LogP contribution in [-0.2, 0) is 16.0 Å². The maximum atomic E-state index is 12.6. The smallest absolute Gasteiger partial charge is 0.279 e. The van der Waals surface area contributed by atoms with Gasteiger partial charge in [-0.3, -0.25) is 10.1 Å². The first-order chi connectivity index (χ1) is 14.2. The molecule has 0 spiro atoms. The van der Waals surface area contributed by atoms with Crippen LogP contribution >= 0.6 is 11.3 Å². The predicted octanol–water partition coefficient (Wildman–Crippen LogP) is 2.08. The summed E-state index contributed by atoms with van der Waals surface area (Å²) in [5.41, 5.74) is 1.99. The molecule has 3 aromatic rings. The number of nitrogens with one attached hydrogen (secondary N) is 1. The largest absolute Gasteiger partial charge is 0.479 e. The van der Waals surface area contributed by atoms with Gasteiger partial charge in [0.2, 0.25) is 5.88 Å². The molecule has 0 aromatic carbocycles. The Morgan fingerprint density at radius 2 is 2.21 bits per heavy atom. The minimum absolute atomic E-state index is 0.218. The van der Waals surface area contributed by atoms with E-state index in [1.165, 1.54) is 11.3 Å². The number of carbonyl (C=O) groups is 1. The SMILES string of the molecule is COCCn1cc(C(=O)Nc2nc3c(OC)ncc(C4CCOCC4)c3s2)nn1. The van der Waals surface area contributed by atoms with Crippen LogP contribution in [0.1, 0.15) is 34.8 Å². The topological polar surface area (TPSA) is 113 Å². The van der Waals surface area contributed by atoms with Crippen molar-refractivity contribution in [3.05, 3.63) is 23.7 Å². The van der Waals surface area contributed by atoms with Gasteiger partial charge < -0.3 is 14.2 Å². The van der Waals surface area contributed by atoms with Gasteiger partial charge in [-0.25, -0.2) is 14.6 Å². The number of aromatic nitrogens is 5. The van der Waals surface area contributed by atoms with Gasteiger partial charge in [-0.2, -0.15) is 0 Å². The average molecular weight is 418 g/mol. The summed E-state index contributed by atoms with van der Waals surface area (Å²) in [6, 6.07) is 0. The lowest BCUT2D eigenvalue weighted by molar-refractivity contribution is 0.0855. The molecule has 1 N–H and O–H groups in total. The predicted molar refractivity (Wildman–Crippen MR) is 107 cm³/mol. The summed E-state index contributed by atoms with van der Waals surface area (Å²) in [6.45, 7) is 2.48. The Balaban J connectivity index is 1.59. The quantitative estimate of drug-likeness (QED) is 0.620. The molecular formula is C18H22N6O4S. The highest BCUT2D eigenvalue weighted by Gasteiger charge is 2.23. The third kappa shape index (κ3) is 4.21. The van der Waals surface area contributed by atoms with Gasteiger partial charge in [0.05, 0.1) is 31.2 Å². The second kappa shape index (κ2) is 8.80. The van der Waals surface area contributed by atoms with Crippen molar-refractivity contribution in [2.45, 2.75) is 25.3 Å². The molecule has 1 aliphatic heterocycles. The summed E-state index contributed by atoms with van der Waals surface area (Å²) < 4.78 is 18.4. The van der Waals surface area contributed by atoms with Gasteiger partial charge in [0.15, 0.2) is 10.8 Å². The first kappa shape index (κ1) is 19.7. The molecule has 1 amide bonds. The highest BCUT2D eigenvalue weighted by Crippen LogP contribution is 2.39. The third-order valence-electron chi connectivity index (χ3n) is 4.78. The van der Waals surface area contributed by atoms with Crippen molar-refractivity contribution < 1.29 is 19.0 Å². The summed E-state index contributed by atoms with van der Waals surface area (Å²) in [7, 11) is 3.17. The fourth-order valence-corrected chi connectivity index (χ4v) is 4.31. The second-order valence-electron chi connectivity index (χ2n) is 6.62. The van der Waals surface area contributed by atoms with Gasteiger partial charge in [0.1, 0.15) is 5.52 Å². The van der Waals surface area contributed by atoms with Crippen molar-refractivity contribution in [1.29, 1.82) is 0 Å². The summed E-state index contributed by atoms with van der Waals surface area (Å²) >= 11 is 1.41. The number of pyridine rings is 1. The van der Waals surface area contributed by atoms with Gasteiger partial charge in [-0.15, -0.1) is 5.10 Å².